The van der Waals surface area contributed by atoms with Crippen LogP contribution in [0.2, 0.25) is 5.02 Å². The minimum atomic E-state index is -0.766. The van der Waals surface area contributed by atoms with E-state index in [1.165, 1.54) is 23.0 Å². The molecule has 5 rings (SSSR count). The maximum Gasteiger partial charge on any atom is 0.263 e. The van der Waals surface area contributed by atoms with Crippen molar-refractivity contribution in [3.05, 3.63) is 92.7 Å². The fourth-order valence-corrected chi connectivity index (χ4v) is 3.85. The number of aromatic nitrogens is 6. The van der Waals surface area contributed by atoms with Crippen LogP contribution in [0, 0.1) is 19.7 Å². The van der Waals surface area contributed by atoms with Gasteiger partial charge in [0.15, 0.2) is 5.65 Å². The zero-order valence-electron chi connectivity index (χ0n) is 18.0. The molecule has 1 amide bonds. The summed E-state index contributed by atoms with van der Waals surface area (Å²) in [5.74, 6) is -1.30. The van der Waals surface area contributed by atoms with Crippen LogP contribution < -0.4 is 10.9 Å². The van der Waals surface area contributed by atoms with Crippen molar-refractivity contribution < 1.29 is 9.18 Å². The molecule has 11 heteroatoms. The molecule has 0 unspecified atom stereocenters. The molecular formula is C23H17ClFN7O2. The van der Waals surface area contributed by atoms with E-state index in [9.17, 15) is 14.0 Å². The lowest BCUT2D eigenvalue weighted by Gasteiger charge is -2.10. The van der Waals surface area contributed by atoms with Gasteiger partial charge in [0.25, 0.3) is 11.5 Å². The molecule has 3 heterocycles. The minimum Gasteiger partial charge on any atom is -0.306 e. The molecule has 5 aromatic rings. The number of H-pyrrole nitrogens is 1. The van der Waals surface area contributed by atoms with Gasteiger partial charge in [-0.25, -0.2) is 9.07 Å². The molecule has 0 saturated heterocycles. The van der Waals surface area contributed by atoms with E-state index in [0.29, 0.717) is 11.3 Å². The number of carbonyl (C=O) groups is 1. The molecule has 0 aliphatic carbocycles. The van der Waals surface area contributed by atoms with Crippen molar-refractivity contribution in [1.82, 2.24) is 29.5 Å². The molecule has 9 nitrogen and oxygen atoms in total. The van der Waals surface area contributed by atoms with E-state index in [1.807, 2.05) is 31.2 Å². The number of benzene rings is 2. The van der Waals surface area contributed by atoms with Crippen molar-refractivity contribution in [2.75, 3.05) is 5.32 Å². The Morgan fingerprint density at radius 3 is 2.68 bits per heavy atom. The van der Waals surface area contributed by atoms with E-state index >= 15 is 0 Å². The van der Waals surface area contributed by atoms with E-state index in [4.69, 9.17) is 11.6 Å². The molecule has 2 N–H and O–H groups in total. The van der Waals surface area contributed by atoms with Crippen LogP contribution in [0.1, 0.15) is 21.6 Å². The number of anilines is 1. The molecule has 34 heavy (non-hydrogen) atoms. The van der Waals surface area contributed by atoms with Gasteiger partial charge in [0.2, 0.25) is 5.95 Å². The van der Waals surface area contributed by atoms with Crippen LogP contribution in [0.5, 0.6) is 0 Å². The van der Waals surface area contributed by atoms with Gasteiger partial charge in [0.05, 0.1) is 28.2 Å². The second kappa shape index (κ2) is 8.23. The third-order valence-corrected chi connectivity index (χ3v) is 5.45. The fraction of sp³-hybridized carbons (Fsp3) is 0.0870. The average molecular weight is 478 g/mol. The molecule has 0 spiro atoms. The number of rotatable bonds is 4. The monoisotopic (exact) mass is 477 g/mol. The topological polar surface area (TPSA) is 110 Å². The van der Waals surface area contributed by atoms with Gasteiger partial charge in [0.1, 0.15) is 17.0 Å². The Kier molecular flexibility index (Phi) is 5.21. The van der Waals surface area contributed by atoms with Crippen molar-refractivity contribution in [2.24, 2.45) is 0 Å². The van der Waals surface area contributed by atoms with Crippen molar-refractivity contribution in [2.45, 2.75) is 13.8 Å². The van der Waals surface area contributed by atoms with Crippen LogP contribution >= 0.6 is 11.6 Å². The predicted molar refractivity (Wildman–Crippen MR) is 125 cm³/mol. The number of nitrogens with one attached hydrogen (secondary N) is 2. The van der Waals surface area contributed by atoms with E-state index in [-0.39, 0.29) is 27.7 Å². The quantitative estimate of drug-likeness (QED) is 0.407. The standard InChI is InChI=1S/C23H17ClFN7O2/c1-12-5-3-6-14(9-12)31-20-15(11-26-31)21(33)29-23(28-20)32-18(10-13(2)30-32)27-22(34)19-16(24)7-4-8-17(19)25/h3-11H,1-2H3,(H,27,34)(H,28,29,33). The highest BCUT2D eigenvalue weighted by Gasteiger charge is 2.20. The predicted octanol–water partition coefficient (Wildman–Crippen LogP) is 3.96. The third-order valence-electron chi connectivity index (χ3n) is 5.14. The zero-order valence-corrected chi connectivity index (χ0v) is 18.8. The number of hydrogen-bond donors (Lipinski definition) is 2. The lowest BCUT2D eigenvalue weighted by Crippen LogP contribution is -2.20. The Bertz CT molecular complexity index is 1620. The molecule has 0 bridgehead atoms. The number of fused-ring (bicyclic) bond motifs is 1. The second-order valence-electron chi connectivity index (χ2n) is 7.66. The molecule has 170 valence electrons. The van der Waals surface area contributed by atoms with Gasteiger partial charge in [-0.05, 0) is 43.7 Å². The zero-order chi connectivity index (χ0) is 24.0. The number of nitrogens with zero attached hydrogens (tertiary/aromatic N) is 5. The van der Waals surface area contributed by atoms with E-state index in [0.717, 1.165) is 17.3 Å². The van der Waals surface area contributed by atoms with Gasteiger partial charge in [0, 0.05) is 6.07 Å². The van der Waals surface area contributed by atoms with Crippen molar-refractivity contribution >= 4 is 34.4 Å². The number of aromatic amines is 1. The molecule has 0 aliphatic heterocycles. The van der Waals surface area contributed by atoms with Crippen LogP contribution in [-0.4, -0.2) is 35.4 Å². The number of aryl methyl sites for hydroxylation is 2. The molecule has 0 saturated carbocycles. The van der Waals surface area contributed by atoms with Gasteiger partial charge >= 0.3 is 0 Å². The first-order valence-electron chi connectivity index (χ1n) is 10.2. The summed E-state index contributed by atoms with van der Waals surface area (Å²) in [5, 5.41) is 11.5. The Morgan fingerprint density at radius 2 is 1.91 bits per heavy atom. The normalized spacial score (nSPS) is 11.2. The van der Waals surface area contributed by atoms with E-state index in [1.54, 1.807) is 17.7 Å². The first-order chi connectivity index (χ1) is 16.3. The molecule has 0 aliphatic rings. The highest BCUT2D eigenvalue weighted by molar-refractivity contribution is 6.34. The summed E-state index contributed by atoms with van der Waals surface area (Å²) in [6.07, 6.45) is 1.44. The highest BCUT2D eigenvalue weighted by Crippen LogP contribution is 2.22. The van der Waals surface area contributed by atoms with E-state index in [2.05, 4.69) is 25.5 Å². The van der Waals surface area contributed by atoms with Gasteiger partial charge in [-0.15, -0.1) is 0 Å². The van der Waals surface area contributed by atoms with Crippen molar-refractivity contribution in [3.63, 3.8) is 0 Å². The molecular weight excluding hydrogens is 461 g/mol. The van der Waals surface area contributed by atoms with Gasteiger partial charge in [-0.2, -0.15) is 19.9 Å². The SMILES string of the molecule is Cc1cccc(-n2ncc3c(=O)[nH]c(-n4nc(C)cc4NC(=O)c4c(F)cccc4Cl)nc32)c1. The summed E-state index contributed by atoms with van der Waals surface area (Å²) >= 11 is 6.02. The minimum absolute atomic E-state index is 0.0321. The highest BCUT2D eigenvalue weighted by atomic mass is 35.5. The molecule has 0 radical (unpaired) electrons. The number of amides is 1. The maximum atomic E-state index is 14.2. The third kappa shape index (κ3) is 3.73. The Hall–Kier alpha value is -4.31. The molecule has 0 atom stereocenters. The maximum absolute atomic E-state index is 14.2. The van der Waals surface area contributed by atoms with Crippen LogP contribution in [0.4, 0.5) is 10.2 Å². The summed E-state index contributed by atoms with van der Waals surface area (Å²) in [6, 6.07) is 13.1. The molecule has 2 aromatic carbocycles. The largest absolute Gasteiger partial charge is 0.306 e. The van der Waals surface area contributed by atoms with Crippen LogP contribution in [0.15, 0.2) is 59.5 Å². The van der Waals surface area contributed by atoms with Gasteiger partial charge in [-0.3, -0.25) is 14.6 Å². The average Bonchev–Trinajstić information content (AvgIpc) is 3.37. The Morgan fingerprint density at radius 1 is 1.12 bits per heavy atom. The van der Waals surface area contributed by atoms with Crippen LogP contribution in [-0.2, 0) is 0 Å². The summed E-state index contributed by atoms with van der Waals surface area (Å²) in [5.41, 5.74) is 1.87. The van der Waals surface area contributed by atoms with Gasteiger partial charge in [-0.1, -0.05) is 29.8 Å². The smallest absolute Gasteiger partial charge is 0.263 e. The Balaban J connectivity index is 1.61. The summed E-state index contributed by atoms with van der Waals surface area (Å²) < 4.78 is 17.0. The Labute approximate surface area is 196 Å². The number of halogens is 2. The van der Waals surface area contributed by atoms with Crippen molar-refractivity contribution in [3.8, 4) is 11.6 Å². The van der Waals surface area contributed by atoms with Gasteiger partial charge < -0.3 is 5.32 Å². The lowest BCUT2D eigenvalue weighted by molar-refractivity contribution is 0.102. The number of hydrogen-bond acceptors (Lipinski definition) is 5. The summed E-state index contributed by atoms with van der Waals surface area (Å²) in [7, 11) is 0. The first-order valence-corrected chi connectivity index (χ1v) is 10.6. The summed E-state index contributed by atoms with van der Waals surface area (Å²) in [4.78, 5) is 32.8. The molecule has 0 fully saturated rings. The second-order valence-corrected chi connectivity index (χ2v) is 8.06. The summed E-state index contributed by atoms with van der Waals surface area (Å²) in [6.45, 7) is 3.65. The van der Waals surface area contributed by atoms with Crippen LogP contribution in [0.25, 0.3) is 22.7 Å². The van der Waals surface area contributed by atoms with Crippen molar-refractivity contribution in [1.29, 1.82) is 0 Å². The van der Waals surface area contributed by atoms with E-state index < -0.39 is 17.3 Å². The lowest BCUT2D eigenvalue weighted by atomic mass is 10.2. The molecule has 3 aromatic heterocycles. The van der Waals surface area contributed by atoms with Crippen LogP contribution in [0.3, 0.4) is 0 Å². The fourth-order valence-electron chi connectivity index (χ4n) is 3.60. The number of carbonyl (C=O) groups excluding carboxylic acids is 1. The first kappa shape index (κ1) is 21.5.